The monoisotopic (exact) mass is 473 g/mol. The number of hydrogen-bond donors (Lipinski definition) is 2. The first kappa shape index (κ1) is 23.7. The van der Waals surface area contributed by atoms with Gasteiger partial charge < -0.3 is 19.9 Å². The number of phenolic OH excluding ortho intramolecular Hbond substituents is 1. The number of anilines is 1. The van der Waals surface area contributed by atoms with E-state index >= 15 is 0 Å². The third kappa shape index (κ3) is 5.12. The number of phenols is 1. The Morgan fingerprint density at radius 2 is 1.58 bits per heavy atom. The highest BCUT2D eigenvalue weighted by Crippen LogP contribution is 2.36. The second-order valence-electron chi connectivity index (χ2n) is 7.07. The van der Waals surface area contributed by atoms with E-state index in [-0.39, 0.29) is 10.6 Å². The SMILES string of the molecule is COC(=O)C(=O)Nc1cc(C)c(Oc2ccc(O)c(S(=O)(=O)c3ccc(F)cc3)c2)c(C)c1. The Bertz CT molecular complexity index is 1310. The summed E-state index contributed by atoms with van der Waals surface area (Å²) < 4.78 is 49.3. The van der Waals surface area contributed by atoms with Crippen LogP contribution in [0.4, 0.5) is 10.1 Å². The summed E-state index contributed by atoms with van der Waals surface area (Å²) in [6.07, 6.45) is 0. The summed E-state index contributed by atoms with van der Waals surface area (Å²) in [6, 6.07) is 11.1. The van der Waals surface area contributed by atoms with Crippen molar-refractivity contribution >= 4 is 27.4 Å². The van der Waals surface area contributed by atoms with Crippen LogP contribution in [0.15, 0.2) is 64.4 Å². The van der Waals surface area contributed by atoms with Gasteiger partial charge in [-0.2, -0.15) is 0 Å². The first-order valence-corrected chi connectivity index (χ1v) is 11.0. The second kappa shape index (κ2) is 9.29. The van der Waals surface area contributed by atoms with Crippen molar-refractivity contribution in [1.82, 2.24) is 0 Å². The highest BCUT2D eigenvalue weighted by molar-refractivity contribution is 7.91. The summed E-state index contributed by atoms with van der Waals surface area (Å²) >= 11 is 0. The first-order valence-electron chi connectivity index (χ1n) is 9.55. The van der Waals surface area contributed by atoms with Crippen LogP contribution in [0.25, 0.3) is 0 Å². The van der Waals surface area contributed by atoms with E-state index in [4.69, 9.17) is 4.74 Å². The van der Waals surface area contributed by atoms with E-state index in [9.17, 15) is 27.5 Å². The number of amides is 1. The number of hydrogen-bond acceptors (Lipinski definition) is 7. The molecule has 0 atom stereocenters. The number of methoxy groups -OCH3 is 1. The summed E-state index contributed by atoms with van der Waals surface area (Å²) in [5.74, 6) is -2.52. The molecule has 33 heavy (non-hydrogen) atoms. The number of sulfone groups is 1. The Kier molecular flexibility index (Phi) is 6.68. The molecular formula is C23H20FNO7S. The number of carbonyl (C=O) groups is 2. The average molecular weight is 473 g/mol. The fourth-order valence-corrected chi connectivity index (χ4v) is 4.45. The predicted octanol–water partition coefficient (Wildman–Crippen LogP) is 3.88. The maximum absolute atomic E-state index is 13.2. The van der Waals surface area contributed by atoms with Gasteiger partial charge in [-0.15, -0.1) is 0 Å². The van der Waals surface area contributed by atoms with Crippen molar-refractivity contribution in [3.63, 3.8) is 0 Å². The Morgan fingerprint density at radius 1 is 0.970 bits per heavy atom. The van der Waals surface area contributed by atoms with Crippen molar-refractivity contribution in [2.24, 2.45) is 0 Å². The van der Waals surface area contributed by atoms with Crippen molar-refractivity contribution in [2.45, 2.75) is 23.6 Å². The third-order valence-electron chi connectivity index (χ3n) is 4.65. The molecule has 0 saturated heterocycles. The van der Waals surface area contributed by atoms with Gasteiger partial charge in [-0.3, -0.25) is 4.79 Å². The fourth-order valence-electron chi connectivity index (χ4n) is 3.09. The molecule has 2 N–H and O–H groups in total. The quantitative estimate of drug-likeness (QED) is 0.328. The molecular weight excluding hydrogens is 453 g/mol. The molecule has 0 fully saturated rings. The maximum atomic E-state index is 13.2. The molecule has 3 aromatic carbocycles. The predicted molar refractivity (Wildman–Crippen MR) is 117 cm³/mol. The van der Waals surface area contributed by atoms with Crippen LogP contribution in [0.5, 0.6) is 17.2 Å². The van der Waals surface area contributed by atoms with Crippen LogP contribution < -0.4 is 10.1 Å². The summed E-state index contributed by atoms with van der Waals surface area (Å²) in [5, 5.41) is 12.6. The van der Waals surface area contributed by atoms with Crippen LogP contribution in [0.3, 0.4) is 0 Å². The van der Waals surface area contributed by atoms with Gasteiger partial charge in [0.1, 0.15) is 28.0 Å². The molecule has 3 aromatic rings. The number of ether oxygens (including phenoxy) is 2. The zero-order valence-corrected chi connectivity index (χ0v) is 18.7. The normalized spacial score (nSPS) is 11.0. The minimum absolute atomic E-state index is 0.131. The van der Waals surface area contributed by atoms with Crippen LogP contribution >= 0.6 is 0 Å². The van der Waals surface area contributed by atoms with Crippen LogP contribution in [0, 0.1) is 19.7 Å². The number of benzene rings is 3. The molecule has 8 nitrogen and oxygen atoms in total. The molecule has 0 spiro atoms. The zero-order chi connectivity index (χ0) is 24.3. The number of aryl methyl sites for hydroxylation is 2. The summed E-state index contributed by atoms with van der Waals surface area (Å²) in [4.78, 5) is 22.4. The number of halogens is 1. The van der Waals surface area contributed by atoms with Gasteiger partial charge in [-0.05, 0) is 73.5 Å². The van der Waals surface area contributed by atoms with Gasteiger partial charge in [0, 0.05) is 11.8 Å². The second-order valence-corrected chi connectivity index (χ2v) is 8.99. The number of rotatable bonds is 5. The molecule has 0 heterocycles. The van der Waals surface area contributed by atoms with Gasteiger partial charge in [0.2, 0.25) is 9.84 Å². The van der Waals surface area contributed by atoms with Crippen LogP contribution in [-0.4, -0.2) is 32.5 Å². The van der Waals surface area contributed by atoms with Gasteiger partial charge in [0.25, 0.3) is 0 Å². The average Bonchev–Trinajstić information content (AvgIpc) is 2.76. The molecule has 0 radical (unpaired) electrons. The van der Waals surface area contributed by atoms with Crippen molar-refractivity contribution < 1.29 is 37.0 Å². The number of carbonyl (C=O) groups excluding carboxylic acids is 2. The molecule has 0 aliphatic heterocycles. The topological polar surface area (TPSA) is 119 Å². The summed E-state index contributed by atoms with van der Waals surface area (Å²) in [7, 11) is -3.05. The molecule has 0 bridgehead atoms. The van der Waals surface area contributed by atoms with E-state index in [1.165, 1.54) is 18.2 Å². The molecule has 0 aromatic heterocycles. The molecule has 0 aliphatic carbocycles. The molecule has 0 aliphatic rings. The summed E-state index contributed by atoms with van der Waals surface area (Å²) in [6.45, 7) is 3.40. The highest BCUT2D eigenvalue weighted by atomic mass is 32.2. The number of nitrogens with one attached hydrogen (secondary N) is 1. The van der Waals surface area contributed by atoms with Crippen molar-refractivity contribution in [1.29, 1.82) is 0 Å². The Balaban J connectivity index is 1.92. The zero-order valence-electron chi connectivity index (χ0n) is 17.9. The van der Waals surface area contributed by atoms with E-state index in [0.717, 1.165) is 31.4 Å². The van der Waals surface area contributed by atoms with Crippen LogP contribution in [0.2, 0.25) is 0 Å². The largest absolute Gasteiger partial charge is 0.507 e. The summed E-state index contributed by atoms with van der Waals surface area (Å²) in [5.41, 5.74) is 1.52. The van der Waals surface area contributed by atoms with Crippen LogP contribution in [-0.2, 0) is 24.2 Å². The van der Waals surface area contributed by atoms with Gasteiger partial charge in [-0.25, -0.2) is 17.6 Å². The van der Waals surface area contributed by atoms with E-state index in [1.807, 2.05) is 0 Å². The minimum Gasteiger partial charge on any atom is -0.507 e. The molecule has 3 rings (SSSR count). The standard InChI is InChI=1S/C23H20FNO7S/c1-13-10-16(25-22(27)23(28)31-3)11-14(2)21(13)32-17-6-9-19(26)20(12-17)33(29,30)18-7-4-15(24)5-8-18/h4-12,26H,1-3H3,(H,25,27). The van der Waals surface area contributed by atoms with E-state index in [0.29, 0.717) is 22.6 Å². The Labute approximate surface area is 189 Å². The lowest BCUT2D eigenvalue weighted by atomic mass is 10.1. The molecule has 172 valence electrons. The van der Waals surface area contributed by atoms with Gasteiger partial charge in [0.05, 0.1) is 12.0 Å². The molecule has 1 amide bonds. The van der Waals surface area contributed by atoms with E-state index < -0.39 is 38.2 Å². The number of esters is 1. The highest BCUT2D eigenvalue weighted by Gasteiger charge is 2.23. The van der Waals surface area contributed by atoms with Gasteiger partial charge in [-0.1, -0.05) is 0 Å². The van der Waals surface area contributed by atoms with E-state index in [1.54, 1.807) is 26.0 Å². The third-order valence-corrected chi connectivity index (χ3v) is 6.45. The van der Waals surface area contributed by atoms with Crippen molar-refractivity contribution in [3.8, 4) is 17.2 Å². The molecule has 0 unspecified atom stereocenters. The molecule has 0 saturated carbocycles. The Morgan fingerprint density at radius 3 is 2.15 bits per heavy atom. The van der Waals surface area contributed by atoms with Gasteiger partial charge in [0.15, 0.2) is 0 Å². The van der Waals surface area contributed by atoms with Crippen LogP contribution in [0.1, 0.15) is 11.1 Å². The molecule has 10 heteroatoms. The Hall–Kier alpha value is -3.92. The van der Waals surface area contributed by atoms with Crippen molar-refractivity contribution in [2.75, 3.05) is 12.4 Å². The van der Waals surface area contributed by atoms with Gasteiger partial charge >= 0.3 is 11.9 Å². The van der Waals surface area contributed by atoms with Crippen molar-refractivity contribution in [3.05, 3.63) is 71.5 Å². The lowest BCUT2D eigenvalue weighted by molar-refractivity contribution is -0.150. The lowest BCUT2D eigenvalue weighted by Gasteiger charge is -2.15. The lowest BCUT2D eigenvalue weighted by Crippen LogP contribution is -2.23. The first-order chi connectivity index (χ1) is 15.5. The maximum Gasteiger partial charge on any atom is 0.396 e. The fraction of sp³-hybridized carbons (Fsp3) is 0.130. The minimum atomic E-state index is -4.14. The smallest absolute Gasteiger partial charge is 0.396 e. The number of aromatic hydroxyl groups is 1. The van der Waals surface area contributed by atoms with E-state index in [2.05, 4.69) is 10.1 Å².